The Bertz CT molecular complexity index is 746. The van der Waals surface area contributed by atoms with E-state index >= 15 is 0 Å². The Morgan fingerprint density at radius 2 is 1.61 bits per heavy atom. The third kappa shape index (κ3) is 4.19. The topological polar surface area (TPSA) is 73.1 Å². The van der Waals surface area contributed by atoms with E-state index in [1.165, 1.54) is 5.56 Å². The minimum atomic E-state index is -3.41. The fraction of sp³-hybridized carbons (Fsp3) is 0.529. The maximum absolute atomic E-state index is 12.6. The highest BCUT2D eigenvalue weighted by atomic mass is 32.2. The second-order valence-corrected chi connectivity index (χ2v) is 8.81. The maximum atomic E-state index is 12.6. The van der Waals surface area contributed by atoms with Crippen LogP contribution < -0.4 is 0 Å². The van der Waals surface area contributed by atoms with Crippen molar-refractivity contribution in [3.05, 3.63) is 47.1 Å². The van der Waals surface area contributed by atoms with Crippen molar-refractivity contribution < 1.29 is 12.9 Å². The fourth-order valence-electron chi connectivity index (χ4n) is 2.16. The van der Waals surface area contributed by atoms with Crippen LogP contribution in [0.4, 0.5) is 0 Å². The summed E-state index contributed by atoms with van der Waals surface area (Å²) in [5.74, 6) is 1.18. The van der Waals surface area contributed by atoms with Crippen molar-refractivity contribution in [2.24, 2.45) is 0 Å². The van der Waals surface area contributed by atoms with Gasteiger partial charge in [0.1, 0.15) is 5.25 Å². The number of hydrogen-bond acceptors (Lipinski definition) is 5. The van der Waals surface area contributed by atoms with Gasteiger partial charge in [-0.05, 0) is 24.0 Å². The largest absolute Gasteiger partial charge is 0.338 e. The molecular formula is C17H24N2O3S. The number of nitrogens with zero attached hydrogens (tertiary/aromatic N) is 2. The summed E-state index contributed by atoms with van der Waals surface area (Å²) < 4.78 is 30.3. The summed E-state index contributed by atoms with van der Waals surface area (Å²) in [5, 5.41) is 3.03. The molecule has 0 aliphatic rings. The van der Waals surface area contributed by atoms with Crippen molar-refractivity contribution in [1.29, 1.82) is 0 Å². The van der Waals surface area contributed by atoms with Crippen LogP contribution in [-0.4, -0.2) is 18.6 Å². The Morgan fingerprint density at radius 1 is 1.00 bits per heavy atom. The number of hydrogen-bond donors (Lipinski definition) is 0. The lowest BCUT2D eigenvalue weighted by Crippen LogP contribution is -2.13. The average Bonchev–Trinajstić information content (AvgIpc) is 2.96. The lowest BCUT2D eigenvalue weighted by molar-refractivity contribution is 0.369. The molecule has 0 spiro atoms. The first-order chi connectivity index (χ1) is 10.7. The van der Waals surface area contributed by atoms with Crippen LogP contribution in [0.2, 0.25) is 0 Å². The molecule has 1 aromatic heterocycles. The first-order valence-corrected chi connectivity index (χ1v) is 9.56. The van der Waals surface area contributed by atoms with Crippen LogP contribution in [0.25, 0.3) is 0 Å². The van der Waals surface area contributed by atoms with Gasteiger partial charge in [0, 0.05) is 5.92 Å². The summed E-state index contributed by atoms with van der Waals surface area (Å²) in [5.41, 5.74) is 1.96. The molecule has 2 rings (SSSR count). The third-order valence-corrected chi connectivity index (χ3v) is 5.89. The maximum Gasteiger partial charge on any atom is 0.244 e. The van der Waals surface area contributed by atoms with Gasteiger partial charge in [0.15, 0.2) is 15.7 Å². The van der Waals surface area contributed by atoms with Gasteiger partial charge in [0.2, 0.25) is 5.89 Å². The minimum absolute atomic E-state index is 0.0358. The zero-order valence-electron chi connectivity index (χ0n) is 14.3. The Labute approximate surface area is 138 Å². The Morgan fingerprint density at radius 3 is 2.09 bits per heavy atom. The van der Waals surface area contributed by atoms with Crippen LogP contribution in [0.5, 0.6) is 0 Å². The van der Waals surface area contributed by atoms with Gasteiger partial charge in [0.05, 0.1) is 5.75 Å². The molecule has 6 heteroatoms. The molecule has 0 saturated heterocycles. The van der Waals surface area contributed by atoms with Crippen molar-refractivity contribution in [3.63, 3.8) is 0 Å². The summed E-state index contributed by atoms with van der Waals surface area (Å²) >= 11 is 0. The van der Waals surface area contributed by atoms with E-state index in [4.69, 9.17) is 4.52 Å². The quantitative estimate of drug-likeness (QED) is 0.797. The molecule has 2 aromatic rings. The van der Waals surface area contributed by atoms with Crippen molar-refractivity contribution >= 4 is 9.84 Å². The van der Waals surface area contributed by atoms with Gasteiger partial charge in [-0.1, -0.05) is 57.1 Å². The Balaban J connectivity index is 2.16. The molecule has 0 amide bonds. The summed E-state index contributed by atoms with van der Waals surface area (Å²) in [4.78, 5) is 4.20. The second-order valence-electron chi connectivity index (χ2n) is 6.49. The smallest absolute Gasteiger partial charge is 0.244 e. The average molecular weight is 336 g/mol. The van der Waals surface area contributed by atoms with Gasteiger partial charge in [0.25, 0.3) is 0 Å². The van der Waals surface area contributed by atoms with E-state index in [1.54, 1.807) is 6.92 Å². The molecule has 23 heavy (non-hydrogen) atoms. The number of sulfone groups is 1. The highest BCUT2D eigenvalue weighted by Gasteiger charge is 2.28. The van der Waals surface area contributed by atoms with Crippen molar-refractivity contribution in [3.8, 4) is 0 Å². The highest BCUT2D eigenvalue weighted by Crippen LogP contribution is 2.26. The number of benzene rings is 1. The molecule has 1 aromatic carbocycles. The van der Waals surface area contributed by atoms with Gasteiger partial charge in [-0.15, -0.1) is 0 Å². The molecule has 0 unspecified atom stereocenters. The van der Waals surface area contributed by atoms with E-state index in [2.05, 4.69) is 24.0 Å². The first-order valence-electron chi connectivity index (χ1n) is 7.84. The van der Waals surface area contributed by atoms with E-state index in [9.17, 15) is 8.42 Å². The summed E-state index contributed by atoms with van der Waals surface area (Å²) in [7, 11) is -3.41. The van der Waals surface area contributed by atoms with Gasteiger partial charge >= 0.3 is 0 Å². The normalized spacial score (nSPS) is 13.7. The zero-order chi connectivity index (χ0) is 17.2. The predicted octanol–water partition coefficient (Wildman–Crippen LogP) is 3.99. The molecule has 1 atom stereocenters. The van der Waals surface area contributed by atoms with Crippen molar-refractivity contribution in [1.82, 2.24) is 10.1 Å². The van der Waals surface area contributed by atoms with Crippen LogP contribution in [0.1, 0.15) is 74.5 Å². The SMILES string of the molecule is CC(C)c1ccc(CS(=O)(=O)[C@H](C)c2nc(C(C)C)no2)cc1. The van der Waals surface area contributed by atoms with Crippen molar-refractivity contribution in [2.45, 2.75) is 57.5 Å². The van der Waals surface area contributed by atoms with Gasteiger partial charge < -0.3 is 4.52 Å². The Hall–Kier alpha value is -1.69. The van der Waals surface area contributed by atoms with Crippen LogP contribution in [0, 0.1) is 0 Å². The van der Waals surface area contributed by atoms with Crippen LogP contribution in [0.15, 0.2) is 28.8 Å². The molecule has 0 saturated carbocycles. The van der Waals surface area contributed by atoms with Crippen LogP contribution in [0.3, 0.4) is 0 Å². The molecule has 5 nitrogen and oxygen atoms in total. The zero-order valence-corrected chi connectivity index (χ0v) is 15.1. The molecule has 0 fully saturated rings. The standard InChI is InChI=1S/C17H24N2O3S/c1-11(2)15-8-6-14(7-9-15)10-23(20,21)13(5)17-18-16(12(3)4)19-22-17/h6-9,11-13H,10H2,1-5H3/t13-/m1/s1. The van der Waals surface area contributed by atoms with Gasteiger partial charge in [-0.25, -0.2) is 8.42 Å². The third-order valence-electron chi connectivity index (χ3n) is 3.87. The fourth-order valence-corrected chi connectivity index (χ4v) is 3.47. The van der Waals surface area contributed by atoms with Gasteiger partial charge in [-0.2, -0.15) is 4.98 Å². The lowest BCUT2D eigenvalue weighted by Gasteiger charge is -2.10. The highest BCUT2D eigenvalue weighted by molar-refractivity contribution is 7.90. The van der Waals surface area contributed by atoms with Gasteiger partial charge in [-0.3, -0.25) is 0 Å². The molecule has 0 aliphatic carbocycles. The lowest BCUT2D eigenvalue weighted by atomic mass is 10.0. The van der Waals surface area contributed by atoms with E-state index < -0.39 is 15.1 Å². The molecule has 0 radical (unpaired) electrons. The predicted molar refractivity (Wildman–Crippen MR) is 90.0 cm³/mol. The summed E-state index contributed by atoms with van der Waals surface area (Å²) in [6.45, 7) is 9.68. The molecule has 0 N–H and O–H groups in total. The summed E-state index contributed by atoms with van der Waals surface area (Å²) in [6.07, 6.45) is 0. The number of aromatic nitrogens is 2. The molecular weight excluding hydrogens is 312 g/mol. The van der Waals surface area contributed by atoms with E-state index in [1.807, 2.05) is 38.1 Å². The molecule has 126 valence electrons. The monoisotopic (exact) mass is 336 g/mol. The number of rotatable bonds is 6. The molecule has 0 aliphatic heterocycles. The van der Waals surface area contributed by atoms with Crippen LogP contribution >= 0.6 is 0 Å². The molecule has 1 heterocycles. The van der Waals surface area contributed by atoms with Crippen LogP contribution in [-0.2, 0) is 15.6 Å². The Kier molecular flexibility index (Phi) is 5.24. The minimum Gasteiger partial charge on any atom is -0.338 e. The molecule has 0 bridgehead atoms. The van der Waals surface area contributed by atoms with E-state index in [-0.39, 0.29) is 17.6 Å². The second kappa shape index (κ2) is 6.83. The van der Waals surface area contributed by atoms with E-state index in [0.29, 0.717) is 11.7 Å². The first kappa shape index (κ1) is 17.7. The van der Waals surface area contributed by atoms with E-state index in [0.717, 1.165) is 5.56 Å². The summed E-state index contributed by atoms with van der Waals surface area (Å²) in [6, 6.07) is 7.69. The van der Waals surface area contributed by atoms with Crippen molar-refractivity contribution in [2.75, 3.05) is 0 Å².